The summed E-state index contributed by atoms with van der Waals surface area (Å²) in [5.74, 6) is -0.499. The summed E-state index contributed by atoms with van der Waals surface area (Å²) in [4.78, 5) is 23.8. The van der Waals surface area contributed by atoms with E-state index in [1.807, 2.05) is 30.3 Å². The Balaban J connectivity index is 1.52. The zero-order valence-corrected chi connectivity index (χ0v) is 14.6. The number of urea groups is 1. The van der Waals surface area contributed by atoms with E-state index in [0.717, 1.165) is 5.56 Å². The highest BCUT2D eigenvalue weighted by Gasteiger charge is 2.06. The molecule has 1 aromatic heterocycles. The van der Waals surface area contributed by atoms with Crippen LogP contribution in [-0.2, 0) is 6.54 Å². The topological polar surface area (TPSA) is 76.0 Å². The van der Waals surface area contributed by atoms with Crippen molar-refractivity contribution in [2.45, 2.75) is 13.0 Å². The summed E-state index contributed by atoms with van der Waals surface area (Å²) in [7, 11) is 0. The van der Waals surface area contributed by atoms with Gasteiger partial charge in [0, 0.05) is 24.7 Å². The Morgan fingerprint density at radius 3 is 2.52 bits per heavy atom. The second-order valence-corrected chi connectivity index (χ2v) is 5.86. The van der Waals surface area contributed by atoms with Gasteiger partial charge < -0.3 is 10.6 Å². The van der Waals surface area contributed by atoms with Crippen molar-refractivity contribution in [1.29, 1.82) is 0 Å². The van der Waals surface area contributed by atoms with Gasteiger partial charge in [0.15, 0.2) is 0 Å². The number of amides is 2. The molecular formula is C20H19FN4O2. The zero-order valence-electron chi connectivity index (χ0n) is 14.6. The van der Waals surface area contributed by atoms with Gasteiger partial charge in [-0.05, 0) is 24.6 Å². The second-order valence-electron chi connectivity index (χ2n) is 5.86. The van der Waals surface area contributed by atoms with Crippen LogP contribution in [0.1, 0.15) is 6.42 Å². The van der Waals surface area contributed by atoms with E-state index in [2.05, 4.69) is 15.7 Å². The predicted molar refractivity (Wildman–Crippen MR) is 102 cm³/mol. The van der Waals surface area contributed by atoms with Crippen molar-refractivity contribution < 1.29 is 9.18 Å². The fraction of sp³-hybridized carbons (Fsp3) is 0.150. The third-order valence-electron chi connectivity index (χ3n) is 3.89. The minimum absolute atomic E-state index is 0.114. The minimum atomic E-state index is -0.501. The zero-order chi connectivity index (χ0) is 19.1. The molecule has 27 heavy (non-hydrogen) atoms. The van der Waals surface area contributed by atoms with Crippen LogP contribution in [0.5, 0.6) is 0 Å². The van der Waals surface area contributed by atoms with Gasteiger partial charge in [-0.1, -0.05) is 42.5 Å². The lowest BCUT2D eigenvalue weighted by molar-refractivity contribution is 0.251. The summed E-state index contributed by atoms with van der Waals surface area (Å²) in [6, 6.07) is 18.2. The molecular weight excluding hydrogens is 347 g/mol. The first-order chi connectivity index (χ1) is 13.1. The highest BCUT2D eigenvalue weighted by molar-refractivity contribution is 5.89. The van der Waals surface area contributed by atoms with E-state index in [9.17, 15) is 14.0 Å². The number of hydrogen-bond donors (Lipinski definition) is 2. The molecule has 3 rings (SSSR count). The SMILES string of the molecule is O=C(NCCCn1nc(-c2ccccc2)ccc1=O)Nc1ccccc1F. The number of aromatic nitrogens is 2. The van der Waals surface area contributed by atoms with Crippen LogP contribution in [-0.4, -0.2) is 22.4 Å². The second kappa shape index (κ2) is 8.75. The fourth-order valence-electron chi connectivity index (χ4n) is 2.53. The maximum atomic E-state index is 13.5. The lowest BCUT2D eigenvalue weighted by Gasteiger charge is -2.09. The number of anilines is 1. The molecule has 0 radical (unpaired) electrons. The Morgan fingerprint density at radius 2 is 1.74 bits per heavy atom. The van der Waals surface area contributed by atoms with E-state index < -0.39 is 11.8 Å². The van der Waals surface area contributed by atoms with Crippen LogP contribution in [0.15, 0.2) is 71.5 Å². The smallest absolute Gasteiger partial charge is 0.319 e. The molecule has 2 amide bonds. The van der Waals surface area contributed by atoms with Gasteiger partial charge in [0.1, 0.15) is 5.82 Å². The van der Waals surface area contributed by atoms with Crippen molar-refractivity contribution in [1.82, 2.24) is 15.1 Å². The van der Waals surface area contributed by atoms with Crippen molar-refractivity contribution >= 4 is 11.7 Å². The first-order valence-electron chi connectivity index (χ1n) is 8.56. The first-order valence-corrected chi connectivity index (χ1v) is 8.56. The Hall–Kier alpha value is -3.48. The maximum Gasteiger partial charge on any atom is 0.319 e. The molecule has 0 bridgehead atoms. The number of benzene rings is 2. The number of halogens is 1. The van der Waals surface area contributed by atoms with Crippen molar-refractivity contribution in [3.05, 3.63) is 82.9 Å². The summed E-state index contributed by atoms with van der Waals surface area (Å²) in [5.41, 5.74) is 1.54. The molecule has 0 unspecified atom stereocenters. The largest absolute Gasteiger partial charge is 0.338 e. The molecule has 7 heteroatoms. The molecule has 0 saturated carbocycles. The number of para-hydroxylation sites is 1. The molecule has 0 saturated heterocycles. The normalized spacial score (nSPS) is 10.4. The Kier molecular flexibility index (Phi) is 5.94. The van der Waals surface area contributed by atoms with Crippen LogP contribution >= 0.6 is 0 Å². The Labute approximate surface area is 155 Å². The first kappa shape index (κ1) is 18.3. The van der Waals surface area contributed by atoms with Crippen LogP contribution in [0.3, 0.4) is 0 Å². The number of nitrogens with one attached hydrogen (secondary N) is 2. The van der Waals surface area contributed by atoms with Crippen LogP contribution in [0, 0.1) is 5.82 Å². The fourth-order valence-corrected chi connectivity index (χ4v) is 2.53. The van der Waals surface area contributed by atoms with Gasteiger partial charge in [0.05, 0.1) is 11.4 Å². The Bertz CT molecular complexity index is 973. The summed E-state index contributed by atoms with van der Waals surface area (Å²) in [6.45, 7) is 0.684. The monoisotopic (exact) mass is 366 g/mol. The molecule has 0 atom stereocenters. The molecule has 0 aliphatic carbocycles. The van der Waals surface area contributed by atoms with Gasteiger partial charge in [-0.2, -0.15) is 5.10 Å². The lowest BCUT2D eigenvalue weighted by Crippen LogP contribution is -2.31. The summed E-state index contributed by atoms with van der Waals surface area (Å²) in [6.07, 6.45) is 0.510. The third kappa shape index (κ3) is 5.01. The van der Waals surface area contributed by atoms with Crippen LogP contribution in [0.25, 0.3) is 11.3 Å². The van der Waals surface area contributed by atoms with Crippen molar-refractivity contribution in [2.24, 2.45) is 0 Å². The molecule has 0 aliphatic heterocycles. The minimum Gasteiger partial charge on any atom is -0.338 e. The quantitative estimate of drug-likeness (QED) is 0.658. The van der Waals surface area contributed by atoms with E-state index in [0.29, 0.717) is 25.2 Å². The lowest BCUT2D eigenvalue weighted by atomic mass is 10.1. The highest BCUT2D eigenvalue weighted by Crippen LogP contribution is 2.14. The third-order valence-corrected chi connectivity index (χ3v) is 3.89. The van der Waals surface area contributed by atoms with E-state index in [-0.39, 0.29) is 11.2 Å². The molecule has 0 aliphatic rings. The van der Waals surface area contributed by atoms with E-state index in [1.54, 1.807) is 18.2 Å². The average Bonchev–Trinajstić information content (AvgIpc) is 2.69. The standard InChI is InChI=1S/C20H19FN4O2/c21-16-9-4-5-10-18(16)23-20(27)22-13-6-14-25-19(26)12-11-17(24-25)15-7-2-1-3-8-15/h1-5,7-12H,6,13-14H2,(H2,22,23,27). The molecule has 0 spiro atoms. The molecule has 2 N–H and O–H groups in total. The molecule has 138 valence electrons. The molecule has 0 fully saturated rings. The number of aryl methyl sites for hydroxylation is 1. The summed E-state index contributed by atoms with van der Waals surface area (Å²) >= 11 is 0. The van der Waals surface area contributed by atoms with Crippen LogP contribution in [0.4, 0.5) is 14.9 Å². The van der Waals surface area contributed by atoms with E-state index in [4.69, 9.17) is 0 Å². The van der Waals surface area contributed by atoms with E-state index >= 15 is 0 Å². The summed E-state index contributed by atoms with van der Waals surface area (Å²) < 4.78 is 14.9. The van der Waals surface area contributed by atoms with Gasteiger partial charge in [-0.3, -0.25) is 4.79 Å². The predicted octanol–water partition coefficient (Wildman–Crippen LogP) is 3.26. The Morgan fingerprint density at radius 1 is 1.00 bits per heavy atom. The molecule has 3 aromatic rings. The van der Waals surface area contributed by atoms with Gasteiger partial charge >= 0.3 is 6.03 Å². The van der Waals surface area contributed by atoms with E-state index in [1.165, 1.54) is 22.9 Å². The average molecular weight is 366 g/mol. The van der Waals surface area contributed by atoms with Crippen molar-refractivity contribution in [2.75, 3.05) is 11.9 Å². The van der Waals surface area contributed by atoms with Gasteiger partial charge in [-0.15, -0.1) is 0 Å². The number of hydrogen-bond acceptors (Lipinski definition) is 3. The van der Waals surface area contributed by atoms with Crippen LogP contribution in [0.2, 0.25) is 0 Å². The van der Waals surface area contributed by atoms with Crippen molar-refractivity contribution in [3.8, 4) is 11.3 Å². The number of nitrogens with zero attached hydrogens (tertiary/aromatic N) is 2. The molecule has 2 aromatic carbocycles. The summed E-state index contributed by atoms with van der Waals surface area (Å²) in [5, 5.41) is 9.44. The van der Waals surface area contributed by atoms with Gasteiger partial charge in [-0.25, -0.2) is 13.9 Å². The molecule has 6 nitrogen and oxygen atoms in total. The van der Waals surface area contributed by atoms with Gasteiger partial charge in [0.25, 0.3) is 5.56 Å². The molecule has 1 heterocycles. The highest BCUT2D eigenvalue weighted by atomic mass is 19.1. The maximum absolute atomic E-state index is 13.5. The van der Waals surface area contributed by atoms with Gasteiger partial charge in [0.2, 0.25) is 0 Å². The number of carbonyl (C=O) groups is 1. The van der Waals surface area contributed by atoms with Crippen molar-refractivity contribution in [3.63, 3.8) is 0 Å². The number of rotatable bonds is 6. The van der Waals surface area contributed by atoms with Crippen LogP contribution < -0.4 is 16.2 Å². The number of carbonyl (C=O) groups excluding carboxylic acids is 1.